The second-order valence-electron chi connectivity index (χ2n) is 6.98. The SMILES string of the molecule is Cc1cc(C[C@@H]2CN(Cc3cc4ccccc4[nH]c3=O)C[C@H]2O)n[nH]1. The molecule has 0 saturated carbocycles. The molecule has 1 saturated heterocycles. The van der Waals surface area contributed by atoms with Crippen molar-refractivity contribution < 1.29 is 5.11 Å². The van der Waals surface area contributed by atoms with Gasteiger partial charge in [-0.15, -0.1) is 0 Å². The molecule has 0 unspecified atom stereocenters. The van der Waals surface area contributed by atoms with Crippen molar-refractivity contribution in [2.24, 2.45) is 5.92 Å². The number of H-pyrrole nitrogens is 2. The van der Waals surface area contributed by atoms with Gasteiger partial charge in [0.15, 0.2) is 0 Å². The fraction of sp³-hybridized carbons (Fsp3) is 0.368. The number of benzene rings is 1. The highest BCUT2D eigenvalue weighted by atomic mass is 16.3. The molecule has 0 bridgehead atoms. The Kier molecular flexibility index (Phi) is 4.15. The zero-order chi connectivity index (χ0) is 17.4. The van der Waals surface area contributed by atoms with Crippen LogP contribution in [0.4, 0.5) is 0 Å². The van der Waals surface area contributed by atoms with Crippen molar-refractivity contribution in [1.29, 1.82) is 0 Å². The molecule has 25 heavy (non-hydrogen) atoms. The Morgan fingerprint density at radius 3 is 2.92 bits per heavy atom. The van der Waals surface area contributed by atoms with E-state index in [1.807, 2.05) is 43.3 Å². The van der Waals surface area contributed by atoms with E-state index < -0.39 is 6.10 Å². The first kappa shape index (κ1) is 16.1. The number of β-amino-alcohol motifs (C(OH)–C–C–N with tert-alkyl or cyclic N) is 1. The molecule has 0 amide bonds. The average molecular weight is 338 g/mol. The normalized spacial score (nSPS) is 21.2. The Morgan fingerprint density at radius 1 is 1.28 bits per heavy atom. The van der Waals surface area contributed by atoms with Crippen LogP contribution < -0.4 is 5.56 Å². The fourth-order valence-electron chi connectivity index (χ4n) is 3.67. The number of nitrogens with zero attached hydrogens (tertiary/aromatic N) is 2. The quantitative estimate of drug-likeness (QED) is 0.674. The Labute approximate surface area is 145 Å². The molecule has 1 aliphatic heterocycles. The lowest BCUT2D eigenvalue weighted by atomic mass is 10.0. The molecule has 130 valence electrons. The van der Waals surface area contributed by atoms with Gasteiger partial charge in [-0.2, -0.15) is 5.10 Å². The first-order valence-corrected chi connectivity index (χ1v) is 8.61. The van der Waals surface area contributed by atoms with Crippen molar-refractivity contribution in [3.8, 4) is 0 Å². The molecule has 4 rings (SSSR count). The third-order valence-corrected chi connectivity index (χ3v) is 4.94. The molecule has 3 heterocycles. The van der Waals surface area contributed by atoms with Crippen molar-refractivity contribution in [3.05, 3.63) is 63.7 Å². The second-order valence-corrected chi connectivity index (χ2v) is 6.98. The largest absolute Gasteiger partial charge is 0.391 e. The summed E-state index contributed by atoms with van der Waals surface area (Å²) < 4.78 is 0. The van der Waals surface area contributed by atoms with Gasteiger partial charge in [0.2, 0.25) is 0 Å². The number of rotatable bonds is 4. The summed E-state index contributed by atoms with van der Waals surface area (Å²) in [7, 11) is 0. The number of likely N-dealkylation sites (tertiary alicyclic amines) is 1. The summed E-state index contributed by atoms with van der Waals surface area (Å²) in [5.41, 5.74) is 3.54. The predicted octanol–water partition coefficient (Wildman–Crippen LogP) is 1.60. The van der Waals surface area contributed by atoms with E-state index in [4.69, 9.17) is 0 Å². The minimum absolute atomic E-state index is 0.0560. The van der Waals surface area contributed by atoms with Gasteiger partial charge in [-0.1, -0.05) is 18.2 Å². The van der Waals surface area contributed by atoms with E-state index in [1.54, 1.807) is 0 Å². The zero-order valence-corrected chi connectivity index (χ0v) is 14.2. The Balaban J connectivity index is 1.48. The monoisotopic (exact) mass is 338 g/mol. The molecule has 6 nitrogen and oxygen atoms in total. The van der Waals surface area contributed by atoms with Crippen LogP contribution in [0.1, 0.15) is 17.0 Å². The van der Waals surface area contributed by atoms with Gasteiger partial charge in [-0.3, -0.25) is 14.8 Å². The van der Waals surface area contributed by atoms with Crippen LogP contribution in [0.5, 0.6) is 0 Å². The van der Waals surface area contributed by atoms with Gasteiger partial charge in [0, 0.05) is 42.3 Å². The van der Waals surface area contributed by atoms with Gasteiger partial charge in [0.25, 0.3) is 5.56 Å². The highest BCUT2D eigenvalue weighted by Crippen LogP contribution is 2.22. The van der Waals surface area contributed by atoms with E-state index in [0.29, 0.717) is 13.1 Å². The lowest BCUT2D eigenvalue weighted by Crippen LogP contribution is -2.25. The standard InChI is InChI=1S/C19H22N4O2/c1-12-6-16(22-21-12)8-14-9-23(11-18(14)24)10-15-7-13-4-2-3-5-17(13)20-19(15)25/h2-7,14,18,24H,8-11H2,1H3,(H,20,25)(H,21,22)/t14-,18-/m1/s1. The van der Waals surface area contributed by atoms with Crippen LogP contribution in [0, 0.1) is 12.8 Å². The molecule has 3 N–H and O–H groups in total. The third-order valence-electron chi connectivity index (χ3n) is 4.94. The topological polar surface area (TPSA) is 85.0 Å². The lowest BCUT2D eigenvalue weighted by molar-refractivity contribution is 0.140. The summed E-state index contributed by atoms with van der Waals surface area (Å²) in [5.74, 6) is 0.141. The van der Waals surface area contributed by atoms with Crippen LogP contribution >= 0.6 is 0 Å². The summed E-state index contributed by atoms with van der Waals surface area (Å²) in [6, 6.07) is 11.7. The number of aliphatic hydroxyl groups excluding tert-OH is 1. The van der Waals surface area contributed by atoms with Crippen molar-refractivity contribution in [2.75, 3.05) is 13.1 Å². The van der Waals surface area contributed by atoms with Crippen molar-refractivity contribution in [3.63, 3.8) is 0 Å². The zero-order valence-electron chi connectivity index (χ0n) is 14.2. The van der Waals surface area contributed by atoms with Crippen LogP contribution in [-0.2, 0) is 13.0 Å². The number of aryl methyl sites for hydroxylation is 1. The maximum Gasteiger partial charge on any atom is 0.252 e. The molecular weight excluding hydrogens is 316 g/mol. The molecule has 1 fully saturated rings. The van der Waals surface area contributed by atoms with Gasteiger partial charge in [0.1, 0.15) is 0 Å². The van der Waals surface area contributed by atoms with E-state index >= 15 is 0 Å². The molecule has 2 atom stereocenters. The van der Waals surface area contributed by atoms with Gasteiger partial charge >= 0.3 is 0 Å². The van der Waals surface area contributed by atoms with Gasteiger partial charge < -0.3 is 10.1 Å². The predicted molar refractivity (Wildman–Crippen MR) is 96.4 cm³/mol. The van der Waals surface area contributed by atoms with E-state index in [2.05, 4.69) is 20.1 Å². The summed E-state index contributed by atoms with van der Waals surface area (Å²) in [4.78, 5) is 17.4. The van der Waals surface area contributed by atoms with Crippen LogP contribution in [0.2, 0.25) is 0 Å². The number of fused-ring (bicyclic) bond motifs is 1. The summed E-state index contributed by atoms with van der Waals surface area (Å²) in [6.45, 7) is 3.87. The summed E-state index contributed by atoms with van der Waals surface area (Å²) >= 11 is 0. The Bertz CT molecular complexity index is 946. The number of aromatic nitrogens is 3. The van der Waals surface area contributed by atoms with Gasteiger partial charge in [-0.25, -0.2) is 0 Å². The molecule has 3 aromatic rings. The minimum Gasteiger partial charge on any atom is -0.391 e. The Morgan fingerprint density at radius 2 is 2.12 bits per heavy atom. The number of hydrogen-bond donors (Lipinski definition) is 3. The van der Waals surface area contributed by atoms with Gasteiger partial charge in [-0.05, 0) is 36.9 Å². The average Bonchev–Trinajstić information content (AvgIpc) is 3.14. The molecule has 1 aromatic carbocycles. The van der Waals surface area contributed by atoms with E-state index in [0.717, 1.165) is 40.8 Å². The maximum absolute atomic E-state index is 12.3. The van der Waals surface area contributed by atoms with Crippen LogP contribution in [0.15, 0.2) is 41.2 Å². The van der Waals surface area contributed by atoms with Crippen molar-refractivity contribution in [2.45, 2.75) is 26.0 Å². The molecule has 0 aliphatic carbocycles. The molecule has 6 heteroatoms. The molecule has 1 aliphatic rings. The van der Waals surface area contributed by atoms with E-state index in [1.165, 1.54) is 0 Å². The first-order chi connectivity index (χ1) is 12.1. The van der Waals surface area contributed by atoms with Crippen LogP contribution in [0.25, 0.3) is 10.9 Å². The number of aromatic amines is 2. The molecule has 0 spiro atoms. The van der Waals surface area contributed by atoms with Crippen molar-refractivity contribution in [1.82, 2.24) is 20.1 Å². The number of para-hydroxylation sites is 1. The smallest absolute Gasteiger partial charge is 0.252 e. The first-order valence-electron chi connectivity index (χ1n) is 8.61. The second kappa shape index (κ2) is 6.46. The minimum atomic E-state index is -0.392. The number of hydrogen-bond acceptors (Lipinski definition) is 4. The van der Waals surface area contributed by atoms with E-state index in [9.17, 15) is 9.90 Å². The number of aliphatic hydroxyl groups is 1. The third kappa shape index (κ3) is 3.36. The highest BCUT2D eigenvalue weighted by molar-refractivity contribution is 5.78. The lowest BCUT2D eigenvalue weighted by Gasteiger charge is -2.15. The number of pyridine rings is 1. The van der Waals surface area contributed by atoms with Gasteiger partial charge in [0.05, 0.1) is 11.8 Å². The Hall–Kier alpha value is -2.44. The van der Waals surface area contributed by atoms with Crippen molar-refractivity contribution >= 4 is 10.9 Å². The van der Waals surface area contributed by atoms with Crippen LogP contribution in [-0.4, -0.2) is 44.4 Å². The fourth-order valence-corrected chi connectivity index (χ4v) is 3.67. The molecular formula is C19H22N4O2. The number of nitrogens with one attached hydrogen (secondary N) is 2. The maximum atomic E-state index is 12.3. The highest BCUT2D eigenvalue weighted by Gasteiger charge is 2.32. The van der Waals surface area contributed by atoms with Crippen LogP contribution in [0.3, 0.4) is 0 Å². The van der Waals surface area contributed by atoms with E-state index in [-0.39, 0.29) is 11.5 Å². The summed E-state index contributed by atoms with van der Waals surface area (Å²) in [6.07, 6.45) is 0.354. The summed E-state index contributed by atoms with van der Waals surface area (Å²) in [5, 5.41) is 18.6. The molecule has 2 aromatic heterocycles. The molecule has 0 radical (unpaired) electrons.